The number of benzene rings is 1. The van der Waals surface area contributed by atoms with E-state index in [9.17, 15) is 9.59 Å². The highest BCUT2D eigenvalue weighted by atomic mass is 16.5. The van der Waals surface area contributed by atoms with Gasteiger partial charge in [-0.25, -0.2) is 0 Å². The van der Waals surface area contributed by atoms with Crippen LogP contribution in [-0.4, -0.2) is 42.6 Å². The fourth-order valence-electron chi connectivity index (χ4n) is 1.91. The first-order chi connectivity index (χ1) is 10.0. The molecule has 0 spiro atoms. The topological polar surface area (TPSA) is 55.8 Å². The maximum Gasteiger partial charge on any atom is 0.325 e. The average molecular weight is 293 g/mol. The second-order valence-electron chi connectivity index (χ2n) is 4.76. The van der Waals surface area contributed by atoms with Crippen molar-refractivity contribution in [3.05, 3.63) is 29.8 Å². The van der Waals surface area contributed by atoms with Crippen LogP contribution < -0.4 is 4.74 Å². The van der Waals surface area contributed by atoms with Gasteiger partial charge in [-0.15, -0.1) is 0 Å². The van der Waals surface area contributed by atoms with E-state index in [-0.39, 0.29) is 18.5 Å². The van der Waals surface area contributed by atoms with Crippen LogP contribution in [0.2, 0.25) is 0 Å². The van der Waals surface area contributed by atoms with Crippen LogP contribution in [0.5, 0.6) is 5.75 Å². The molecule has 21 heavy (non-hydrogen) atoms. The van der Waals surface area contributed by atoms with Crippen molar-refractivity contribution in [1.82, 2.24) is 4.90 Å². The fraction of sp³-hybridized carbons (Fsp3) is 0.500. The highest BCUT2D eigenvalue weighted by molar-refractivity contribution is 5.98. The molecule has 0 unspecified atom stereocenters. The molecular weight excluding hydrogens is 270 g/mol. The first-order valence-electron chi connectivity index (χ1n) is 7.19. The molecule has 0 fully saturated rings. The lowest BCUT2D eigenvalue weighted by Crippen LogP contribution is -2.41. The maximum atomic E-state index is 12.7. The van der Waals surface area contributed by atoms with Crippen molar-refractivity contribution in [2.45, 2.75) is 33.7 Å². The first-order valence-corrected chi connectivity index (χ1v) is 7.19. The van der Waals surface area contributed by atoms with Crippen LogP contribution in [0.1, 0.15) is 38.1 Å². The number of para-hydroxylation sites is 1. The van der Waals surface area contributed by atoms with E-state index >= 15 is 0 Å². The first kappa shape index (κ1) is 17.0. The number of carbonyl (C=O) groups is 2. The summed E-state index contributed by atoms with van der Waals surface area (Å²) in [6.45, 7) is 8.04. The molecule has 1 aromatic carbocycles. The average Bonchev–Trinajstić information content (AvgIpc) is 2.45. The number of nitrogens with zero attached hydrogens (tertiary/aromatic N) is 1. The van der Waals surface area contributed by atoms with E-state index in [1.54, 1.807) is 25.1 Å². The highest BCUT2D eigenvalue weighted by Gasteiger charge is 2.24. The lowest BCUT2D eigenvalue weighted by atomic mass is 10.1. The molecule has 1 rings (SSSR count). The third kappa shape index (κ3) is 4.77. The molecule has 0 aliphatic carbocycles. The van der Waals surface area contributed by atoms with Crippen LogP contribution in [0.25, 0.3) is 0 Å². The lowest BCUT2D eigenvalue weighted by molar-refractivity contribution is -0.144. The van der Waals surface area contributed by atoms with Crippen LogP contribution in [0.3, 0.4) is 0 Å². The normalized spacial score (nSPS) is 10.3. The largest absolute Gasteiger partial charge is 0.493 e. The van der Waals surface area contributed by atoms with Gasteiger partial charge in [-0.3, -0.25) is 9.59 Å². The van der Waals surface area contributed by atoms with E-state index in [0.717, 1.165) is 0 Å². The van der Waals surface area contributed by atoms with Crippen LogP contribution in [0.4, 0.5) is 0 Å². The van der Waals surface area contributed by atoms with Crippen LogP contribution in [-0.2, 0) is 9.53 Å². The molecule has 0 saturated heterocycles. The lowest BCUT2D eigenvalue weighted by Gasteiger charge is -2.26. The molecule has 0 aliphatic rings. The fourth-order valence-corrected chi connectivity index (χ4v) is 1.91. The number of amides is 1. The van der Waals surface area contributed by atoms with Crippen molar-refractivity contribution in [2.75, 3.05) is 19.8 Å². The van der Waals surface area contributed by atoms with E-state index < -0.39 is 5.97 Å². The second-order valence-corrected chi connectivity index (χ2v) is 4.76. The monoisotopic (exact) mass is 293 g/mol. The third-order valence-electron chi connectivity index (χ3n) is 2.91. The molecule has 116 valence electrons. The Morgan fingerprint density at radius 1 is 1.14 bits per heavy atom. The predicted molar refractivity (Wildman–Crippen MR) is 80.4 cm³/mol. The summed E-state index contributed by atoms with van der Waals surface area (Å²) in [7, 11) is 0. The van der Waals surface area contributed by atoms with Crippen molar-refractivity contribution >= 4 is 11.9 Å². The molecule has 0 aliphatic heterocycles. The van der Waals surface area contributed by atoms with Crippen molar-refractivity contribution in [3.8, 4) is 5.75 Å². The molecule has 0 aromatic heterocycles. The van der Waals surface area contributed by atoms with Crippen LogP contribution in [0.15, 0.2) is 24.3 Å². The smallest absolute Gasteiger partial charge is 0.325 e. The number of esters is 1. The van der Waals surface area contributed by atoms with Crippen molar-refractivity contribution in [1.29, 1.82) is 0 Å². The van der Waals surface area contributed by atoms with E-state index in [1.165, 1.54) is 4.90 Å². The second kappa shape index (κ2) is 8.29. The summed E-state index contributed by atoms with van der Waals surface area (Å²) in [5, 5.41) is 0. The quantitative estimate of drug-likeness (QED) is 0.725. The summed E-state index contributed by atoms with van der Waals surface area (Å²) in [6, 6.07) is 6.93. The molecule has 0 atom stereocenters. The van der Waals surface area contributed by atoms with Crippen molar-refractivity contribution in [3.63, 3.8) is 0 Å². The summed E-state index contributed by atoms with van der Waals surface area (Å²) in [5.74, 6) is -0.116. The zero-order valence-corrected chi connectivity index (χ0v) is 13.1. The predicted octanol–water partition coefficient (Wildman–Crippen LogP) is 2.50. The Labute approximate surface area is 125 Å². The van der Waals surface area contributed by atoms with Gasteiger partial charge in [0.25, 0.3) is 5.91 Å². The summed E-state index contributed by atoms with van der Waals surface area (Å²) in [6.07, 6.45) is 0. The molecule has 0 saturated carbocycles. The highest BCUT2D eigenvalue weighted by Crippen LogP contribution is 2.21. The molecule has 0 bridgehead atoms. The number of ether oxygens (including phenoxy) is 2. The molecule has 0 N–H and O–H groups in total. The maximum absolute atomic E-state index is 12.7. The van der Waals surface area contributed by atoms with Gasteiger partial charge in [0, 0.05) is 6.04 Å². The minimum absolute atomic E-state index is 0.0647. The minimum atomic E-state index is -0.409. The van der Waals surface area contributed by atoms with Gasteiger partial charge in [0.2, 0.25) is 0 Å². The summed E-state index contributed by atoms with van der Waals surface area (Å²) in [5.41, 5.74) is 0.456. The van der Waals surface area contributed by atoms with Gasteiger partial charge in [-0.1, -0.05) is 12.1 Å². The summed E-state index contributed by atoms with van der Waals surface area (Å²) in [4.78, 5) is 25.8. The Kier molecular flexibility index (Phi) is 6.72. The van der Waals surface area contributed by atoms with Crippen molar-refractivity contribution in [2.24, 2.45) is 0 Å². The minimum Gasteiger partial charge on any atom is -0.493 e. The SMILES string of the molecule is CCOC(=O)CN(C(=O)c1ccccc1OCC)C(C)C. The van der Waals surface area contributed by atoms with Gasteiger partial charge in [0.1, 0.15) is 12.3 Å². The standard InChI is InChI=1S/C16H23NO4/c1-5-20-14-10-8-7-9-13(14)16(19)17(12(3)4)11-15(18)21-6-2/h7-10,12H,5-6,11H2,1-4H3. The number of hydrogen-bond donors (Lipinski definition) is 0. The number of rotatable bonds is 7. The molecular formula is C16H23NO4. The van der Waals surface area contributed by atoms with Gasteiger partial charge in [-0.2, -0.15) is 0 Å². The van der Waals surface area contributed by atoms with Crippen LogP contribution in [0, 0.1) is 0 Å². The Morgan fingerprint density at radius 2 is 1.81 bits per heavy atom. The molecule has 1 amide bonds. The molecule has 5 heteroatoms. The van der Waals surface area contributed by atoms with Gasteiger partial charge >= 0.3 is 5.97 Å². The summed E-state index contributed by atoms with van der Waals surface area (Å²) < 4.78 is 10.4. The molecule has 0 radical (unpaired) electrons. The Balaban J connectivity index is 2.98. The molecule has 1 aromatic rings. The summed E-state index contributed by atoms with van der Waals surface area (Å²) >= 11 is 0. The van der Waals surface area contributed by atoms with E-state index in [0.29, 0.717) is 24.5 Å². The number of hydrogen-bond acceptors (Lipinski definition) is 4. The van der Waals surface area contributed by atoms with Gasteiger partial charge in [-0.05, 0) is 39.8 Å². The zero-order chi connectivity index (χ0) is 15.8. The number of carbonyl (C=O) groups excluding carboxylic acids is 2. The van der Waals surface area contributed by atoms with Crippen molar-refractivity contribution < 1.29 is 19.1 Å². The van der Waals surface area contributed by atoms with E-state index in [1.807, 2.05) is 26.8 Å². The van der Waals surface area contributed by atoms with Gasteiger partial charge in [0.05, 0.1) is 18.8 Å². The zero-order valence-electron chi connectivity index (χ0n) is 13.1. The molecule has 5 nitrogen and oxygen atoms in total. The van der Waals surface area contributed by atoms with Gasteiger partial charge in [0.15, 0.2) is 0 Å². The van der Waals surface area contributed by atoms with E-state index in [2.05, 4.69) is 0 Å². The Morgan fingerprint density at radius 3 is 2.38 bits per heavy atom. The van der Waals surface area contributed by atoms with Crippen LogP contribution >= 0.6 is 0 Å². The molecule has 0 heterocycles. The van der Waals surface area contributed by atoms with E-state index in [4.69, 9.17) is 9.47 Å². The Hall–Kier alpha value is -2.04. The Bertz CT molecular complexity index is 485. The third-order valence-corrected chi connectivity index (χ3v) is 2.91. The van der Waals surface area contributed by atoms with Gasteiger partial charge < -0.3 is 14.4 Å².